The van der Waals surface area contributed by atoms with E-state index >= 15 is 0 Å². The van der Waals surface area contributed by atoms with Gasteiger partial charge in [-0.05, 0) is 37.7 Å². The summed E-state index contributed by atoms with van der Waals surface area (Å²) in [5, 5.41) is 31.7. The summed E-state index contributed by atoms with van der Waals surface area (Å²) in [5.41, 5.74) is 3.16. The van der Waals surface area contributed by atoms with Gasteiger partial charge in [0.2, 0.25) is 11.8 Å². The van der Waals surface area contributed by atoms with Gasteiger partial charge in [0.1, 0.15) is 5.75 Å². The second-order valence-corrected chi connectivity index (χ2v) is 6.92. The van der Waals surface area contributed by atoms with Crippen molar-refractivity contribution in [2.24, 2.45) is 0 Å². The first-order valence-corrected chi connectivity index (χ1v) is 8.94. The summed E-state index contributed by atoms with van der Waals surface area (Å²) in [7, 11) is 0. The summed E-state index contributed by atoms with van der Waals surface area (Å²) in [6.07, 6.45) is 5.16. The van der Waals surface area contributed by atoms with Gasteiger partial charge >= 0.3 is 0 Å². The Hall–Kier alpha value is -2.40. The molecule has 132 valence electrons. The van der Waals surface area contributed by atoms with Crippen molar-refractivity contribution in [3.05, 3.63) is 47.0 Å². The standard InChI is InChI=1S/C20H24N2O3/c1-3-21(4-2)11-14-10-15(7-8-16(14)23)22-19(24)17-12-5-6-13(9-12)18(17)20(22)25/h5-8,10,12-13,23-25H,3-4,9,11H2,1-2H3/t12-,13+. The van der Waals surface area contributed by atoms with E-state index in [1.807, 2.05) is 6.07 Å². The molecule has 0 radical (unpaired) electrons. The normalized spacial score (nSPS) is 20.6. The molecule has 2 aromatic rings. The van der Waals surface area contributed by atoms with Crippen LogP contribution >= 0.6 is 0 Å². The SMILES string of the molecule is CCN(CC)Cc1cc(-n2c(O)c3c(c2O)[C@H]2C=C[C@@H]3C2)ccc1O. The largest absolute Gasteiger partial charge is 0.508 e. The molecule has 0 amide bonds. The smallest absolute Gasteiger partial charge is 0.202 e. The molecule has 1 aromatic heterocycles. The van der Waals surface area contributed by atoms with Crippen molar-refractivity contribution in [2.75, 3.05) is 13.1 Å². The van der Waals surface area contributed by atoms with Crippen molar-refractivity contribution in [3.63, 3.8) is 0 Å². The molecule has 25 heavy (non-hydrogen) atoms. The van der Waals surface area contributed by atoms with Gasteiger partial charge in [-0.2, -0.15) is 0 Å². The molecule has 1 heterocycles. The average Bonchev–Trinajstić information content (AvgIpc) is 3.28. The zero-order valence-electron chi connectivity index (χ0n) is 14.6. The quantitative estimate of drug-likeness (QED) is 0.728. The Kier molecular flexibility index (Phi) is 3.76. The fourth-order valence-electron chi connectivity index (χ4n) is 4.21. The lowest BCUT2D eigenvalue weighted by molar-refractivity contribution is 0.290. The van der Waals surface area contributed by atoms with Gasteiger partial charge in [-0.3, -0.25) is 9.47 Å². The van der Waals surface area contributed by atoms with E-state index in [1.165, 1.54) is 4.57 Å². The van der Waals surface area contributed by atoms with Crippen molar-refractivity contribution in [1.82, 2.24) is 9.47 Å². The number of phenolic OH excluding ortho intramolecular Hbond substituents is 1. The van der Waals surface area contributed by atoms with Gasteiger partial charge in [-0.1, -0.05) is 26.0 Å². The molecule has 4 rings (SSSR count). The van der Waals surface area contributed by atoms with Gasteiger partial charge in [0.05, 0.1) is 5.69 Å². The van der Waals surface area contributed by atoms with Gasteiger partial charge in [-0.15, -0.1) is 0 Å². The summed E-state index contributed by atoms with van der Waals surface area (Å²) < 4.78 is 1.50. The minimum absolute atomic E-state index is 0.115. The lowest BCUT2D eigenvalue weighted by Crippen LogP contribution is -2.22. The minimum Gasteiger partial charge on any atom is -0.508 e. The van der Waals surface area contributed by atoms with E-state index in [4.69, 9.17) is 0 Å². The van der Waals surface area contributed by atoms with E-state index < -0.39 is 0 Å². The maximum absolute atomic E-state index is 10.7. The van der Waals surface area contributed by atoms with Crippen LogP contribution in [-0.2, 0) is 6.54 Å². The van der Waals surface area contributed by atoms with Crippen LogP contribution < -0.4 is 0 Å². The number of phenols is 1. The number of aromatic nitrogens is 1. The second kappa shape index (κ2) is 5.85. The van der Waals surface area contributed by atoms with Crippen LogP contribution in [0.4, 0.5) is 0 Å². The highest BCUT2D eigenvalue weighted by atomic mass is 16.3. The summed E-state index contributed by atoms with van der Waals surface area (Å²) in [6.45, 7) is 6.58. The molecule has 3 N–H and O–H groups in total. The number of aromatic hydroxyl groups is 3. The van der Waals surface area contributed by atoms with Crippen LogP contribution in [0.2, 0.25) is 0 Å². The maximum atomic E-state index is 10.7. The van der Waals surface area contributed by atoms with E-state index in [2.05, 4.69) is 30.9 Å². The Balaban J connectivity index is 1.77. The Morgan fingerprint density at radius 3 is 2.16 bits per heavy atom. The lowest BCUT2D eigenvalue weighted by Gasteiger charge is -2.19. The first kappa shape index (κ1) is 16.1. The molecule has 2 bridgehead atoms. The predicted octanol–water partition coefficient (Wildman–Crippen LogP) is 3.58. The third kappa shape index (κ3) is 2.34. The number of rotatable bonds is 5. The van der Waals surface area contributed by atoms with Crippen LogP contribution in [0.5, 0.6) is 17.5 Å². The number of allylic oxidation sites excluding steroid dienone is 2. The van der Waals surface area contributed by atoms with E-state index in [9.17, 15) is 15.3 Å². The molecule has 0 aliphatic heterocycles. The molecule has 0 unspecified atom stereocenters. The van der Waals surface area contributed by atoms with Gasteiger partial charge in [0.15, 0.2) is 0 Å². The fourth-order valence-corrected chi connectivity index (χ4v) is 4.21. The fraction of sp³-hybridized carbons (Fsp3) is 0.400. The Labute approximate surface area is 147 Å². The molecular formula is C20H24N2O3. The summed E-state index contributed by atoms with van der Waals surface area (Å²) in [6, 6.07) is 5.20. The molecule has 2 aliphatic carbocycles. The lowest BCUT2D eigenvalue weighted by atomic mass is 10.0. The molecule has 5 nitrogen and oxygen atoms in total. The van der Waals surface area contributed by atoms with Gasteiger partial charge in [0, 0.05) is 35.1 Å². The molecule has 0 fully saturated rings. The van der Waals surface area contributed by atoms with Crippen LogP contribution in [0.15, 0.2) is 30.4 Å². The summed E-state index contributed by atoms with van der Waals surface area (Å²) in [5.74, 6) is 0.850. The number of fused-ring (bicyclic) bond motifs is 5. The molecule has 0 saturated heterocycles. The summed E-state index contributed by atoms with van der Waals surface area (Å²) in [4.78, 5) is 2.21. The topological polar surface area (TPSA) is 68.9 Å². The monoisotopic (exact) mass is 340 g/mol. The van der Waals surface area contributed by atoms with E-state index in [0.717, 1.165) is 36.2 Å². The van der Waals surface area contributed by atoms with Crippen LogP contribution in [0.1, 0.15) is 48.8 Å². The molecule has 0 spiro atoms. The second-order valence-electron chi connectivity index (χ2n) is 6.92. The highest BCUT2D eigenvalue weighted by Gasteiger charge is 2.41. The van der Waals surface area contributed by atoms with Crippen molar-refractivity contribution >= 4 is 0 Å². The van der Waals surface area contributed by atoms with E-state index in [-0.39, 0.29) is 29.3 Å². The molecule has 2 aliphatic rings. The highest BCUT2D eigenvalue weighted by Crippen LogP contribution is 2.57. The zero-order valence-corrected chi connectivity index (χ0v) is 14.6. The maximum Gasteiger partial charge on any atom is 0.202 e. The third-order valence-electron chi connectivity index (χ3n) is 5.63. The Bertz CT molecular complexity index is 814. The van der Waals surface area contributed by atoms with Crippen LogP contribution in [-0.4, -0.2) is 37.9 Å². The minimum atomic E-state index is 0.115. The molecule has 2 atom stereocenters. The number of benzene rings is 1. The summed E-state index contributed by atoms with van der Waals surface area (Å²) >= 11 is 0. The van der Waals surface area contributed by atoms with Crippen LogP contribution in [0, 0.1) is 0 Å². The third-order valence-corrected chi connectivity index (χ3v) is 5.63. The Morgan fingerprint density at radius 2 is 1.60 bits per heavy atom. The van der Waals surface area contributed by atoms with Gasteiger partial charge < -0.3 is 15.3 Å². The molecular weight excluding hydrogens is 316 g/mol. The zero-order chi connectivity index (χ0) is 17.7. The first-order chi connectivity index (χ1) is 12.0. The van der Waals surface area contributed by atoms with Crippen LogP contribution in [0.3, 0.4) is 0 Å². The van der Waals surface area contributed by atoms with Gasteiger partial charge in [0.25, 0.3) is 0 Å². The molecule has 1 aromatic carbocycles. The molecule has 5 heteroatoms. The average molecular weight is 340 g/mol. The van der Waals surface area contributed by atoms with E-state index in [1.54, 1.807) is 12.1 Å². The van der Waals surface area contributed by atoms with Crippen molar-refractivity contribution < 1.29 is 15.3 Å². The number of nitrogens with zero attached hydrogens (tertiary/aromatic N) is 2. The highest BCUT2D eigenvalue weighted by molar-refractivity contribution is 5.62. The van der Waals surface area contributed by atoms with Gasteiger partial charge in [-0.25, -0.2) is 0 Å². The van der Waals surface area contributed by atoms with Crippen molar-refractivity contribution in [2.45, 2.75) is 38.6 Å². The predicted molar refractivity (Wildman–Crippen MR) is 96.6 cm³/mol. The molecule has 0 saturated carbocycles. The first-order valence-electron chi connectivity index (χ1n) is 8.94. The van der Waals surface area contributed by atoms with Crippen LogP contribution in [0.25, 0.3) is 5.69 Å². The van der Waals surface area contributed by atoms with Crippen molar-refractivity contribution in [1.29, 1.82) is 0 Å². The number of hydrogen-bond donors (Lipinski definition) is 3. The van der Waals surface area contributed by atoms with Crippen molar-refractivity contribution in [3.8, 4) is 23.2 Å². The Morgan fingerprint density at radius 1 is 1.00 bits per heavy atom. The number of hydrogen-bond acceptors (Lipinski definition) is 4. The van der Waals surface area contributed by atoms with E-state index in [0.29, 0.717) is 12.2 Å².